The molecule has 1 aromatic rings. The number of rotatable bonds is 3. The fraction of sp³-hybridized carbons (Fsp3) is 0.636. The third kappa shape index (κ3) is 4.12. The summed E-state index contributed by atoms with van der Waals surface area (Å²) in [6.07, 6.45) is -1.68. The first-order valence-corrected chi connectivity index (χ1v) is 6.15. The number of morpholine rings is 1. The second-order valence-corrected chi connectivity index (χ2v) is 4.36. The van der Waals surface area contributed by atoms with E-state index in [1.807, 2.05) is 4.90 Å². The van der Waals surface area contributed by atoms with Gasteiger partial charge in [0.1, 0.15) is 18.9 Å². The predicted octanol–water partition coefficient (Wildman–Crippen LogP) is 0.592. The van der Waals surface area contributed by atoms with E-state index in [0.29, 0.717) is 32.3 Å². The van der Waals surface area contributed by atoms with Crippen molar-refractivity contribution < 1.29 is 17.9 Å². The van der Waals surface area contributed by atoms with Crippen LogP contribution in [0.25, 0.3) is 0 Å². The fourth-order valence-electron chi connectivity index (χ4n) is 1.87. The first-order valence-electron chi connectivity index (χ1n) is 6.15. The summed E-state index contributed by atoms with van der Waals surface area (Å²) in [5, 5.41) is 0. The van der Waals surface area contributed by atoms with Gasteiger partial charge in [-0.2, -0.15) is 13.2 Å². The van der Waals surface area contributed by atoms with Crippen LogP contribution in [0.3, 0.4) is 0 Å². The van der Waals surface area contributed by atoms with Crippen molar-refractivity contribution in [2.24, 2.45) is 10.7 Å². The Kier molecular flexibility index (Phi) is 4.48. The molecule has 1 saturated heterocycles. The van der Waals surface area contributed by atoms with E-state index in [9.17, 15) is 13.2 Å². The van der Waals surface area contributed by atoms with E-state index < -0.39 is 12.7 Å². The standard InChI is InChI=1S/C11H16F3N5O/c12-11(13,14)8-19-2-1-16-9(19)7-17-10(15)18-3-5-20-6-4-18/h1-2H,3-8H2,(H2,15,17). The van der Waals surface area contributed by atoms with Crippen molar-refractivity contribution in [1.82, 2.24) is 14.5 Å². The zero-order chi connectivity index (χ0) is 14.6. The van der Waals surface area contributed by atoms with Gasteiger partial charge >= 0.3 is 6.18 Å². The minimum Gasteiger partial charge on any atom is -0.378 e. The Labute approximate surface area is 114 Å². The lowest BCUT2D eigenvalue weighted by molar-refractivity contribution is -0.141. The van der Waals surface area contributed by atoms with Crippen LogP contribution in [0.2, 0.25) is 0 Å². The van der Waals surface area contributed by atoms with Crippen molar-refractivity contribution in [3.63, 3.8) is 0 Å². The lowest BCUT2D eigenvalue weighted by Crippen LogP contribution is -2.44. The highest BCUT2D eigenvalue weighted by Gasteiger charge is 2.28. The number of imidazole rings is 1. The van der Waals surface area contributed by atoms with Gasteiger partial charge in [-0.15, -0.1) is 0 Å². The second-order valence-electron chi connectivity index (χ2n) is 4.36. The Morgan fingerprint density at radius 1 is 1.40 bits per heavy atom. The van der Waals surface area contributed by atoms with Gasteiger partial charge in [0.05, 0.1) is 13.2 Å². The van der Waals surface area contributed by atoms with E-state index in [-0.39, 0.29) is 12.4 Å². The van der Waals surface area contributed by atoms with Crippen LogP contribution in [0.1, 0.15) is 5.82 Å². The molecule has 1 aromatic heterocycles. The van der Waals surface area contributed by atoms with Crippen LogP contribution < -0.4 is 5.73 Å². The summed E-state index contributed by atoms with van der Waals surface area (Å²) in [6.45, 7) is 1.35. The van der Waals surface area contributed by atoms with E-state index in [1.54, 1.807) is 0 Å². The lowest BCUT2D eigenvalue weighted by Gasteiger charge is -2.27. The Morgan fingerprint density at radius 2 is 2.10 bits per heavy atom. The smallest absolute Gasteiger partial charge is 0.378 e. The topological polar surface area (TPSA) is 68.7 Å². The first kappa shape index (κ1) is 14.6. The Bertz CT molecular complexity index is 465. The SMILES string of the molecule is NC(=NCc1nccn1CC(F)(F)F)N1CCOCC1. The zero-order valence-corrected chi connectivity index (χ0v) is 10.8. The zero-order valence-electron chi connectivity index (χ0n) is 10.8. The number of guanidine groups is 1. The quantitative estimate of drug-likeness (QED) is 0.654. The third-order valence-corrected chi connectivity index (χ3v) is 2.87. The van der Waals surface area contributed by atoms with Gasteiger partial charge in [-0.3, -0.25) is 0 Å². The highest BCUT2D eigenvalue weighted by molar-refractivity contribution is 5.78. The first-order chi connectivity index (χ1) is 9.46. The van der Waals surface area contributed by atoms with E-state index in [0.717, 1.165) is 4.57 Å². The van der Waals surface area contributed by atoms with Crippen LogP contribution in [0, 0.1) is 0 Å². The maximum absolute atomic E-state index is 12.4. The van der Waals surface area contributed by atoms with Gasteiger partial charge < -0.3 is 19.9 Å². The molecule has 112 valence electrons. The average molecular weight is 291 g/mol. The second kappa shape index (κ2) is 6.12. The highest BCUT2D eigenvalue weighted by atomic mass is 19.4. The van der Waals surface area contributed by atoms with Gasteiger partial charge in [-0.05, 0) is 0 Å². The summed E-state index contributed by atoms with van der Waals surface area (Å²) >= 11 is 0. The fourth-order valence-corrected chi connectivity index (χ4v) is 1.87. The van der Waals surface area contributed by atoms with Gasteiger partial charge in [-0.25, -0.2) is 9.98 Å². The summed E-state index contributed by atoms with van der Waals surface area (Å²) in [5.74, 6) is 0.536. The van der Waals surface area contributed by atoms with Crippen molar-refractivity contribution in [2.75, 3.05) is 26.3 Å². The molecule has 9 heteroatoms. The molecule has 0 bridgehead atoms. The molecule has 20 heavy (non-hydrogen) atoms. The number of halogens is 3. The van der Waals surface area contributed by atoms with Crippen LogP contribution in [-0.4, -0.2) is 52.9 Å². The largest absolute Gasteiger partial charge is 0.406 e. The van der Waals surface area contributed by atoms with E-state index in [2.05, 4.69) is 9.98 Å². The summed E-state index contributed by atoms with van der Waals surface area (Å²) in [4.78, 5) is 9.80. The van der Waals surface area contributed by atoms with Crippen molar-refractivity contribution >= 4 is 5.96 Å². The number of aromatic nitrogens is 2. The van der Waals surface area contributed by atoms with Crippen LogP contribution in [0.15, 0.2) is 17.4 Å². The molecule has 0 saturated carbocycles. The van der Waals surface area contributed by atoms with E-state index >= 15 is 0 Å². The number of hydrogen-bond acceptors (Lipinski definition) is 3. The van der Waals surface area contributed by atoms with Crippen LogP contribution in [0.4, 0.5) is 13.2 Å². The number of nitrogens with two attached hydrogens (primary N) is 1. The molecule has 2 rings (SSSR count). The molecule has 0 amide bonds. The maximum atomic E-state index is 12.4. The molecular formula is C11H16F3N5O. The molecule has 0 atom stereocenters. The molecule has 0 radical (unpaired) electrons. The summed E-state index contributed by atoms with van der Waals surface area (Å²) in [5.41, 5.74) is 5.80. The Morgan fingerprint density at radius 3 is 2.75 bits per heavy atom. The van der Waals surface area contributed by atoms with Crippen LogP contribution >= 0.6 is 0 Å². The van der Waals surface area contributed by atoms with Gasteiger partial charge in [0.25, 0.3) is 0 Å². The van der Waals surface area contributed by atoms with Crippen molar-refractivity contribution in [1.29, 1.82) is 0 Å². The number of ether oxygens (including phenoxy) is 1. The monoisotopic (exact) mass is 291 g/mol. The Balaban J connectivity index is 1.98. The minimum absolute atomic E-state index is 0.0201. The van der Waals surface area contributed by atoms with Crippen LogP contribution in [0.5, 0.6) is 0 Å². The molecule has 0 unspecified atom stereocenters. The van der Waals surface area contributed by atoms with Crippen molar-refractivity contribution in [2.45, 2.75) is 19.3 Å². The molecule has 2 N–H and O–H groups in total. The van der Waals surface area contributed by atoms with E-state index in [1.165, 1.54) is 12.4 Å². The van der Waals surface area contributed by atoms with E-state index in [4.69, 9.17) is 10.5 Å². The minimum atomic E-state index is -4.28. The van der Waals surface area contributed by atoms with Crippen molar-refractivity contribution in [3.8, 4) is 0 Å². The maximum Gasteiger partial charge on any atom is 0.406 e. The van der Waals surface area contributed by atoms with Gasteiger partial charge in [0.2, 0.25) is 0 Å². The summed E-state index contributed by atoms with van der Waals surface area (Å²) < 4.78 is 43.3. The molecule has 0 aliphatic carbocycles. The van der Waals surface area contributed by atoms with Crippen LogP contribution in [-0.2, 0) is 17.8 Å². The molecule has 0 aromatic carbocycles. The molecular weight excluding hydrogens is 275 g/mol. The number of alkyl halides is 3. The molecule has 6 nitrogen and oxygen atoms in total. The number of nitrogens with zero attached hydrogens (tertiary/aromatic N) is 4. The van der Waals surface area contributed by atoms with Gasteiger partial charge in [0.15, 0.2) is 5.96 Å². The molecule has 1 fully saturated rings. The summed E-state index contributed by atoms with van der Waals surface area (Å²) in [7, 11) is 0. The lowest BCUT2D eigenvalue weighted by atomic mass is 10.4. The van der Waals surface area contributed by atoms with Gasteiger partial charge in [0, 0.05) is 25.5 Å². The molecule has 2 heterocycles. The average Bonchev–Trinajstić information content (AvgIpc) is 2.82. The summed E-state index contributed by atoms with van der Waals surface area (Å²) in [6, 6.07) is 0. The molecule has 1 aliphatic heterocycles. The number of hydrogen-bond donors (Lipinski definition) is 1. The Hall–Kier alpha value is -1.77. The van der Waals surface area contributed by atoms with Gasteiger partial charge in [-0.1, -0.05) is 0 Å². The molecule has 0 spiro atoms. The van der Waals surface area contributed by atoms with Crippen molar-refractivity contribution in [3.05, 3.63) is 18.2 Å². The predicted molar refractivity (Wildman–Crippen MR) is 66.0 cm³/mol. The highest BCUT2D eigenvalue weighted by Crippen LogP contribution is 2.18. The normalized spacial score (nSPS) is 17.6. The third-order valence-electron chi connectivity index (χ3n) is 2.87. The number of aliphatic imine (C=N–C) groups is 1. The molecule has 1 aliphatic rings.